The maximum atomic E-state index is 6.48. The molecular formula is C20H26O2Si2. The van der Waals surface area contributed by atoms with Gasteiger partial charge >= 0.3 is 0 Å². The first-order chi connectivity index (χ1) is 11.1. The Morgan fingerprint density at radius 2 is 1.21 bits per heavy atom. The van der Waals surface area contributed by atoms with Gasteiger partial charge in [-0.1, -0.05) is 30.3 Å². The highest BCUT2D eigenvalue weighted by Gasteiger charge is 2.24. The zero-order valence-electron chi connectivity index (χ0n) is 15.4. The van der Waals surface area contributed by atoms with E-state index in [2.05, 4.69) is 87.8 Å². The van der Waals surface area contributed by atoms with Gasteiger partial charge in [-0.2, -0.15) is 0 Å². The molecule has 0 aromatic heterocycles. The third-order valence-corrected chi connectivity index (χ3v) is 5.27. The van der Waals surface area contributed by atoms with E-state index in [1.165, 1.54) is 16.2 Å². The Morgan fingerprint density at radius 1 is 0.625 bits per heavy atom. The fourth-order valence-electron chi connectivity index (χ4n) is 2.79. The molecule has 2 nitrogen and oxygen atoms in total. The number of hydrogen-bond acceptors (Lipinski definition) is 2. The number of benzene rings is 3. The molecule has 0 amide bonds. The Hall–Kier alpha value is -1.79. The molecule has 0 atom stereocenters. The zero-order valence-corrected chi connectivity index (χ0v) is 17.4. The molecule has 0 heterocycles. The van der Waals surface area contributed by atoms with E-state index in [4.69, 9.17) is 8.85 Å². The molecule has 0 saturated heterocycles. The standard InChI is InChI=1S/C20H26O2Si2/c1-23(2,3)21-19-12-11-17-13-15-9-7-8-10-16(15)14-18(17)20(19)22-24(4,5)6/h7-14H,1-6H3. The molecule has 0 bridgehead atoms. The molecule has 0 radical (unpaired) electrons. The van der Waals surface area contributed by atoms with Crippen molar-refractivity contribution >= 4 is 38.2 Å². The van der Waals surface area contributed by atoms with Crippen LogP contribution in [-0.2, 0) is 0 Å². The molecule has 126 valence electrons. The third kappa shape index (κ3) is 3.82. The van der Waals surface area contributed by atoms with E-state index in [-0.39, 0.29) is 0 Å². The molecular weight excluding hydrogens is 328 g/mol. The van der Waals surface area contributed by atoms with Crippen molar-refractivity contribution in [3.63, 3.8) is 0 Å². The molecule has 4 heteroatoms. The van der Waals surface area contributed by atoms with Crippen molar-refractivity contribution < 1.29 is 8.85 Å². The largest absolute Gasteiger partial charge is 0.542 e. The molecule has 0 aliphatic heterocycles. The average Bonchev–Trinajstić information content (AvgIpc) is 2.45. The SMILES string of the molecule is C[Si](C)(C)Oc1ccc2cc3ccccc3cc2c1O[Si](C)(C)C. The Morgan fingerprint density at radius 3 is 1.79 bits per heavy atom. The molecule has 0 N–H and O–H groups in total. The van der Waals surface area contributed by atoms with E-state index in [1.807, 2.05) is 0 Å². The Balaban J connectivity index is 2.27. The summed E-state index contributed by atoms with van der Waals surface area (Å²) in [5, 5.41) is 4.83. The fourth-order valence-corrected chi connectivity index (χ4v) is 4.43. The van der Waals surface area contributed by atoms with Crippen molar-refractivity contribution in [2.24, 2.45) is 0 Å². The van der Waals surface area contributed by atoms with Crippen LogP contribution >= 0.6 is 0 Å². The van der Waals surface area contributed by atoms with Crippen LogP contribution in [0.25, 0.3) is 21.5 Å². The van der Waals surface area contributed by atoms with Crippen LogP contribution in [0.3, 0.4) is 0 Å². The summed E-state index contributed by atoms with van der Waals surface area (Å²) >= 11 is 0. The predicted octanol–water partition coefficient (Wildman–Crippen LogP) is 6.42. The van der Waals surface area contributed by atoms with Gasteiger partial charge in [0.2, 0.25) is 16.6 Å². The van der Waals surface area contributed by atoms with E-state index in [0.717, 1.165) is 16.9 Å². The predicted molar refractivity (Wildman–Crippen MR) is 109 cm³/mol. The molecule has 0 saturated carbocycles. The molecule has 0 fully saturated rings. The molecule has 3 aromatic carbocycles. The Kier molecular flexibility index (Phi) is 4.22. The minimum Gasteiger partial charge on any atom is -0.542 e. The van der Waals surface area contributed by atoms with Gasteiger partial charge in [0.05, 0.1) is 0 Å². The molecule has 3 rings (SSSR count). The summed E-state index contributed by atoms with van der Waals surface area (Å²) in [6, 6.07) is 17.2. The van der Waals surface area contributed by atoms with Gasteiger partial charge < -0.3 is 8.85 Å². The molecule has 0 aliphatic rings. The number of rotatable bonds is 4. The summed E-state index contributed by atoms with van der Waals surface area (Å²) in [7, 11) is -3.46. The molecule has 0 unspecified atom stereocenters. The topological polar surface area (TPSA) is 18.5 Å². The maximum Gasteiger partial charge on any atom is 0.242 e. The van der Waals surface area contributed by atoms with Crippen molar-refractivity contribution in [3.8, 4) is 11.5 Å². The normalized spacial score (nSPS) is 12.6. The average molecular weight is 355 g/mol. The van der Waals surface area contributed by atoms with Crippen LogP contribution in [0.1, 0.15) is 0 Å². The molecule has 0 spiro atoms. The van der Waals surface area contributed by atoms with Crippen molar-refractivity contribution in [1.29, 1.82) is 0 Å². The first-order valence-corrected chi connectivity index (χ1v) is 15.3. The lowest BCUT2D eigenvalue weighted by Crippen LogP contribution is -2.32. The van der Waals surface area contributed by atoms with Gasteiger partial charge in [0.15, 0.2) is 5.75 Å². The van der Waals surface area contributed by atoms with Gasteiger partial charge in [-0.3, -0.25) is 0 Å². The minimum atomic E-state index is -1.75. The van der Waals surface area contributed by atoms with E-state index in [9.17, 15) is 0 Å². The van der Waals surface area contributed by atoms with E-state index < -0.39 is 16.6 Å². The first-order valence-electron chi connectivity index (χ1n) is 8.46. The van der Waals surface area contributed by atoms with Crippen LogP contribution in [0.4, 0.5) is 0 Å². The van der Waals surface area contributed by atoms with Gasteiger partial charge in [-0.05, 0) is 73.6 Å². The van der Waals surface area contributed by atoms with Gasteiger partial charge in [0.1, 0.15) is 5.75 Å². The van der Waals surface area contributed by atoms with Gasteiger partial charge in [-0.25, -0.2) is 0 Å². The van der Waals surface area contributed by atoms with Crippen LogP contribution in [0.5, 0.6) is 11.5 Å². The summed E-state index contributed by atoms with van der Waals surface area (Å²) in [4.78, 5) is 0. The van der Waals surface area contributed by atoms with E-state index in [0.29, 0.717) is 0 Å². The molecule has 0 aliphatic carbocycles. The summed E-state index contributed by atoms with van der Waals surface area (Å²) in [5.74, 6) is 1.80. The van der Waals surface area contributed by atoms with Crippen LogP contribution in [-0.4, -0.2) is 16.6 Å². The summed E-state index contributed by atoms with van der Waals surface area (Å²) in [6.07, 6.45) is 0. The lowest BCUT2D eigenvalue weighted by molar-refractivity contribution is 0.493. The summed E-state index contributed by atoms with van der Waals surface area (Å²) in [5.41, 5.74) is 0. The van der Waals surface area contributed by atoms with E-state index >= 15 is 0 Å². The Bertz CT molecular complexity index is 890. The second-order valence-electron chi connectivity index (χ2n) is 8.24. The number of hydrogen-bond donors (Lipinski definition) is 0. The molecule has 3 aromatic rings. The fraction of sp³-hybridized carbons (Fsp3) is 0.300. The zero-order chi connectivity index (χ0) is 17.5. The third-order valence-electron chi connectivity index (χ3n) is 3.62. The highest BCUT2D eigenvalue weighted by Crippen LogP contribution is 2.40. The van der Waals surface area contributed by atoms with Crippen LogP contribution in [0, 0.1) is 0 Å². The highest BCUT2D eigenvalue weighted by molar-refractivity contribution is 6.71. The Labute approximate surface area is 146 Å². The van der Waals surface area contributed by atoms with Gasteiger partial charge in [0, 0.05) is 5.39 Å². The lowest BCUT2D eigenvalue weighted by Gasteiger charge is -2.27. The van der Waals surface area contributed by atoms with Gasteiger partial charge in [-0.15, -0.1) is 0 Å². The van der Waals surface area contributed by atoms with Crippen LogP contribution in [0.2, 0.25) is 39.3 Å². The summed E-state index contributed by atoms with van der Waals surface area (Å²) in [6.45, 7) is 13.3. The first kappa shape index (κ1) is 17.1. The van der Waals surface area contributed by atoms with Crippen LogP contribution in [0.15, 0.2) is 48.5 Å². The minimum absolute atomic E-state index is 0.888. The van der Waals surface area contributed by atoms with Crippen molar-refractivity contribution in [2.75, 3.05) is 0 Å². The van der Waals surface area contributed by atoms with Crippen molar-refractivity contribution in [1.82, 2.24) is 0 Å². The number of fused-ring (bicyclic) bond motifs is 2. The lowest BCUT2D eigenvalue weighted by atomic mass is 10.0. The van der Waals surface area contributed by atoms with E-state index in [1.54, 1.807) is 0 Å². The van der Waals surface area contributed by atoms with Crippen molar-refractivity contribution in [2.45, 2.75) is 39.3 Å². The van der Waals surface area contributed by atoms with Crippen molar-refractivity contribution in [3.05, 3.63) is 48.5 Å². The molecule has 24 heavy (non-hydrogen) atoms. The highest BCUT2D eigenvalue weighted by atomic mass is 28.4. The maximum absolute atomic E-state index is 6.48. The monoisotopic (exact) mass is 354 g/mol. The van der Waals surface area contributed by atoms with Crippen LogP contribution < -0.4 is 8.85 Å². The van der Waals surface area contributed by atoms with Gasteiger partial charge in [0.25, 0.3) is 0 Å². The summed E-state index contributed by atoms with van der Waals surface area (Å²) < 4.78 is 12.8. The quantitative estimate of drug-likeness (QED) is 0.397. The smallest absolute Gasteiger partial charge is 0.242 e. The second kappa shape index (κ2) is 5.94. The second-order valence-corrected chi connectivity index (χ2v) is 17.1.